The van der Waals surface area contributed by atoms with Gasteiger partial charge >= 0.3 is 108 Å². The molecule has 0 atom stereocenters. The van der Waals surface area contributed by atoms with Crippen molar-refractivity contribution in [3.05, 3.63) is 33.3 Å². The molecule has 7 heteroatoms. The number of hydrogen-bond acceptors (Lipinski definition) is 1. The molecule has 0 heterocycles. The van der Waals surface area contributed by atoms with Gasteiger partial charge in [0, 0.05) is 0 Å². The second-order valence-corrected chi connectivity index (χ2v) is 1.45. The van der Waals surface area contributed by atoms with E-state index < -0.39 is 0 Å². The Balaban J connectivity index is -0.0000000257. The minimum atomic E-state index is 0.641. The fraction of sp³-hybridized carbons (Fsp3) is 0.200. The summed E-state index contributed by atoms with van der Waals surface area (Å²) in [6.07, 6.45) is 0. The third-order valence-electron chi connectivity index (χ3n) is 0.412. The summed E-state index contributed by atoms with van der Waals surface area (Å²) < 4.78 is 42.8. The molecule has 0 N–H and O–H groups in total. The Morgan fingerprint density at radius 2 is 1.12 bits per heavy atom. The molecular weight excluding hydrogens is 268 g/mol. The van der Waals surface area contributed by atoms with Crippen LogP contribution in [0, 0.1) is 45.1 Å². The molecule has 0 spiro atoms. The maximum atomic E-state index is 7.50. The first-order valence-corrected chi connectivity index (χ1v) is 3.47. The van der Waals surface area contributed by atoms with Crippen molar-refractivity contribution in [2.24, 2.45) is 0 Å². The molecule has 0 unspecified atom stereocenters. The van der Waals surface area contributed by atoms with Gasteiger partial charge in [0.05, 0.1) is 0 Å². The average Bonchev–Trinajstić information content (AvgIpc) is 2.49. The Bertz CT molecular complexity index is 251. The average molecular weight is 274 g/mol. The van der Waals surface area contributed by atoms with E-state index in [9.17, 15) is 0 Å². The minimum absolute atomic E-state index is 0.641. The fourth-order valence-electron chi connectivity index (χ4n) is 0.153. The zero-order valence-electron chi connectivity index (χ0n) is 8.86. The summed E-state index contributed by atoms with van der Waals surface area (Å²) >= 11 is 2.65. The third-order valence-corrected chi connectivity index (χ3v) is 0.832. The number of rotatable bonds is 1. The molecule has 0 aliphatic carbocycles. The molecule has 0 amide bonds. The Morgan fingerprint density at radius 1 is 0.882 bits per heavy atom. The molecule has 0 aliphatic rings. The summed E-state index contributed by atoms with van der Waals surface area (Å²) in [4.78, 5) is 0. The van der Waals surface area contributed by atoms with E-state index in [1.807, 2.05) is 0 Å². The summed E-state index contributed by atoms with van der Waals surface area (Å²) in [5.74, 6) is 5.36. The second-order valence-electron chi connectivity index (χ2n) is 0.867. The van der Waals surface area contributed by atoms with Crippen molar-refractivity contribution in [3.8, 4) is 11.8 Å². The summed E-state index contributed by atoms with van der Waals surface area (Å²) in [7, 11) is 1.58. The van der Waals surface area contributed by atoms with Gasteiger partial charge in [-0.25, -0.2) is 0 Å². The molecule has 17 heavy (non-hydrogen) atoms. The van der Waals surface area contributed by atoms with E-state index in [0.717, 1.165) is 0 Å². The molecule has 0 aliphatic heterocycles. The van der Waals surface area contributed by atoms with E-state index in [-0.39, 0.29) is 0 Å². The normalized spacial score (nSPS) is 3.29. The quantitative estimate of drug-likeness (QED) is 0.378. The van der Waals surface area contributed by atoms with E-state index in [1.165, 1.54) is 0 Å². The van der Waals surface area contributed by atoms with Gasteiger partial charge in [-0.3, -0.25) is 0 Å². The third kappa shape index (κ3) is 178. The number of ether oxygens (including phenoxy) is 1. The molecule has 0 aromatic rings. The summed E-state index contributed by atoms with van der Waals surface area (Å²) in [6, 6.07) is 0. The maximum absolute atomic E-state index is 7.50. The Morgan fingerprint density at radius 3 is 1.18 bits per heavy atom. The molecular formula is C10H6CrO6. The first-order valence-electron chi connectivity index (χ1n) is 2.84. The van der Waals surface area contributed by atoms with Crippen LogP contribution in [0.25, 0.3) is 0 Å². The van der Waals surface area contributed by atoms with E-state index in [4.69, 9.17) is 23.3 Å². The van der Waals surface area contributed by atoms with Crippen LogP contribution in [0.5, 0.6) is 0 Å². The van der Waals surface area contributed by atoms with Crippen LogP contribution >= 0.6 is 0 Å². The monoisotopic (exact) mass is 274 g/mol. The van der Waals surface area contributed by atoms with E-state index in [2.05, 4.69) is 65.7 Å². The summed E-state index contributed by atoms with van der Waals surface area (Å²) in [6.45, 7) is 24.3. The van der Waals surface area contributed by atoms with Gasteiger partial charge in [0.2, 0.25) is 0 Å². The van der Waals surface area contributed by atoms with Gasteiger partial charge in [0.1, 0.15) is 0 Å². The molecule has 0 bridgehead atoms. The summed E-state index contributed by atoms with van der Waals surface area (Å²) in [5, 5.41) is 0. The van der Waals surface area contributed by atoms with Crippen LogP contribution in [0.3, 0.4) is 0 Å². The van der Waals surface area contributed by atoms with Crippen LogP contribution in [0.4, 0.5) is 0 Å². The standard InChI is InChI=1S/C5H6O.5CO.Cr/c1-3-4-5-6-2;5*1-2;/h1-2H3;;;;;;. The fourth-order valence-corrected chi connectivity index (χ4v) is 0.312. The van der Waals surface area contributed by atoms with Crippen LogP contribution in [0.15, 0.2) is 0 Å². The Labute approximate surface area is 108 Å². The first kappa shape index (κ1) is 36.1. The van der Waals surface area contributed by atoms with Crippen molar-refractivity contribution in [1.82, 2.24) is 0 Å². The van der Waals surface area contributed by atoms with Crippen molar-refractivity contribution in [2.45, 2.75) is 6.92 Å². The van der Waals surface area contributed by atoms with Gasteiger partial charge in [-0.05, 0) is 0 Å². The molecule has 0 aromatic carbocycles. The first-order chi connectivity index (χ1) is 8.31. The topological polar surface area (TPSA) is 109 Å². The molecule has 0 saturated carbocycles. The van der Waals surface area contributed by atoms with Gasteiger partial charge in [-0.2, -0.15) is 0 Å². The van der Waals surface area contributed by atoms with Gasteiger partial charge in [0.25, 0.3) is 0 Å². The predicted molar refractivity (Wildman–Crippen MR) is 45.1 cm³/mol. The molecule has 0 aromatic heterocycles. The van der Waals surface area contributed by atoms with E-state index in [0.29, 0.717) is 4.57 Å². The van der Waals surface area contributed by atoms with Crippen molar-refractivity contribution in [3.63, 3.8) is 0 Å². The number of methoxy groups -OCH3 is 1. The number of hydrogen-bond donors (Lipinski definition) is 0. The van der Waals surface area contributed by atoms with Crippen LogP contribution in [0.2, 0.25) is 0 Å². The van der Waals surface area contributed by atoms with Crippen molar-refractivity contribution in [2.75, 3.05) is 7.11 Å². The van der Waals surface area contributed by atoms with Crippen LogP contribution in [-0.2, 0) is 43.8 Å². The van der Waals surface area contributed by atoms with Crippen molar-refractivity contribution >= 4 is 4.57 Å². The summed E-state index contributed by atoms with van der Waals surface area (Å²) in [5.41, 5.74) is 0. The molecule has 0 radical (unpaired) electrons. The van der Waals surface area contributed by atoms with Crippen molar-refractivity contribution in [1.29, 1.82) is 0 Å². The van der Waals surface area contributed by atoms with Gasteiger partial charge < -0.3 is 0 Å². The SMILES string of the molecule is CC#C[C](=[Cr])OC.[C-]#[O+].[C-]#[O+].[C-]#[O+].[C-]#[O+].[C-]#[O+]. The van der Waals surface area contributed by atoms with Crippen LogP contribution in [0.1, 0.15) is 6.92 Å². The zero-order chi connectivity index (χ0) is 15.7. The molecule has 88 valence electrons. The predicted octanol–water partition coefficient (Wildman–Crippen LogP) is 0.145. The van der Waals surface area contributed by atoms with Gasteiger partial charge in [0.15, 0.2) is 0 Å². The van der Waals surface area contributed by atoms with E-state index >= 15 is 0 Å². The van der Waals surface area contributed by atoms with Crippen molar-refractivity contribution < 1.29 is 43.8 Å². The molecule has 0 rings (SSSR count). The van der Waals surface area contributed by atoms with Crippen LogP contribution in [-0.4, -0.2) is 11.7 Å². The molecule has 0 fully saturated rings. The second kappa shape index (κ2) is 127. The van der Waals surface area contributed by atoms with Gasteiger partial charge in [-0.15, -0.1) is 0 Å². The Kier molecular flexibility index (Phi) is 269. The molecule has 0 saturated heterocycles. The van der Waals surface area contributed by atoms with Crippen LogP contribution < -0.4 is 0 Å². The zero-order valence-corrected chi connectivity index (χ0v) is 10.1. The Hall–Kier alpha value is -1.38. The molecule has 6 nitrogen and oxygen atoms in total. The van der Waals surface area contributed by atoms with Gasteiger partial charge in [-0.1, -0.05) is 0 Å². The van der Waals surface area contributed by atoms with E-state index in [1.54, 1.807) is 14.0 Å².